The molecule has 0 unspecified atom stereocenters. The average Bonchev–Trinajstić information content (AvgIpc) is 3.26. The van der Waals surface area contributed by atoms with Gasteiger partial charge in [-0.05, 0) is 37.8 Å². The molecule has 2 N–H and O–H groups in total. The van der Waals surface area contributed by atoms with Crippen molar-refractivity contribution in [1.29, 1.82) is 0 Å². The van der Waals surface area contributed by atoms with Crippen molar-refractivity contribution < 1.29 is 19.2 Å². The van der Waals surface area contributed by atoms with E-state index < -0.39 is 17.8 Å². The fourth-order valence-electron chi connectivity index (χ4n) is 4.50. The van der Waals surface area contributed by atoms with Gasteiger partial charge in [0.25, 0.3) is 11.8 Å². The SMILES string of the molecule is O=C(Cn1cc(/C=C2/C(=O)NC(=O)N(C3CCCC3)C2=O)c2ccccc21)NC1CC1. The number of fused-ring (bicyclic) bond motifs is 1. The molecule has 31 heavy (non-hydrogen) atoms. The van der Waals surface area contributed by atoms with Gasteiger partial charge >= 0.3 is 6.03 Å². The number of aromatic nitrogens is 1. The molecule has 1 aromatic heterocycles. The Bertz CT molecular complexity index is 1120. The normalized spacial score (nSPS) is 21.2. The Hall–Kier alpha value is -3.42. The summed E-state index contributed by atoms with van der Waals surface area (Å²) in [6, 6.07) is 7.01. The van der Waals surface area contributed by atoms with Gasteiger partial charge in [0.15, 0.2) is 0 Å². The minimum Gasteiger partial charge on any atom is -0.352 e. The van der Waals surface area contributed by atoms with Crippen LogP contribution < -0.4 is 10.6 Å². The second-order valence-electron chi connectivity index (χ2n) is 8.50. The summed E-state index contributed by atoms with van der Waals surface area (Å²) in [7, 11) is 0. The van der Waals surface area contributed by atoms with Gasteiger partial charge in [0.1, 0.15) is 12.1 Å². The third kappa shape index (κ3) is 3.73. The van der Waals surface area contributed by atoms with Crippen molar-refractivity contribution in [1.82, 2.24) is 20.1 Å². The molecule has 1 aromatic carbocycles. The number of benzene rings is 1. The van der Waals surface area contributed by atoms with E-state index >= 15 is 0 Å². The highest BCUT2D eigenvalue weighted by molar-refractivity contribution is 6.31. The van der Waals surface area contributed by atoms with Crippen LogP contribution in [0.4, 0.5) is 4.79 Å². The van der Waals surface area contributed by atoms with Crippen LogP contribution in [0, 0.1) is 0 Å². The minimum atomic E-state index is -0.687. The summed E-state index contributed by atoms with van der Waals surface area (Å²) < 4.78 is 1.82. The molecule has 2 aromatic rings. The second-order valence-corrected chi connectivity index (χ2v) is 8.50. The van der Waals surface area contributed by atoms with E-state index in [0.29, 0.717) is 5.56 Å². The van der Waals surface area contributed by atoms with E-state index in [1.54, 1.807) is 6.20 Å². The van der Waals surface area contributed by atoms with E-state index in [-0.39, 0.29) is 30.1 Å². The highest BCUT2D eigenvalue weighted by atomic mass is 16.2. The second kappa shape index (κ2) is 7.68. The highest BCUT2D eigenvalue weighted by Gasteiger charge is 2.40. The average molecular weight is 420 g/mol. The predicted molar refractivity (Wildman–Crippen MR) is 114 cm³/mol. The first kappa shape index (κ1) is 19.5. The van der Waals surface area contributed by atoms with Crippen LogP contribution in [-0.4, -0.2) is 45.3 Å². The molecule has 2 saturated carbocycles. The van der Waals surface area contributed by atoms with Gasteiger partial charge in [0.2, 0.25) is 5.91 Å². The molecule has 5 amide bonds. The van der Waals surface area contributed by atoms with Crippen molar-refractivity contribution in [2.45, 2.75) is 57.2 Å². The van der Waals surface area contributed by atoms with Gasteiger partial charge in [-0.3, -0.25) is 24.6 Å². The number of carbonyl (C=O) groups is 4. The smallest absolute Gasteiger partial charge is 0.331 e. The Morgan fingerprint density at radius 2 is 1.84 bits per heavy atom. The van der Waals surface area contributed by atoms with E-state index in [9.17, 15) is 19.2 Å². The van der Waals surface area contributed by atoms with Gasteiger partial charge < -0.3 is 9.88 Å². The molecule has 8 heteroatoms. The number of para-hydroxylation sites is 1. The summed E-state index contributed by atoms with van der Waals surface area (Å²) in [5, 5.41) is 6.12. The number of rotatable bonds is 5. The summed E-state index contributed by atoms with van der Waals surface area (Å²) in [5.41, 5.74) is 1.44. The Balaban J connectivity index is 1.49. The topological polar surface area (TPSA) is 101 Å². The van der Waals surface area contributed by atoms with E-state index in [0.717, 1.165) is 49.4 Å². The zero-order valence-corrected chi connectivity index (χ0v) is 17.1. The van der Waals surface area contributed by atoms with Crippen molar-refractivity contribution in [2.24, 2.45) is 0 Å². The van der Waals surface area contributed by atoms with Crippen molar-refractivity contribution in [3.05, 3.63) is 41.6 Å². The van der Waals surface area contributed by atoms with Gasteiger partial charge in [-0.25, -0.2) is 4.79 Å². The molecule has 2 aliphatic carbocycles. The van der Waals surface area contributed by atoms with E-state index in [1.807, 2.05) is 28.8 Å². The number of barbiturate groups is 1. The Morgan fingerprint density at radius 3 is 2.58 bits per heavy atom. The van der Waals surface area contributed by atoms with Crippen LogP contribution in [-0.2, 0) is 20.9 Å². The van der Waals surface area contributed by atoms with Crippen LogP contribution in [0.15, 0.2) is 36.0 Å². The molecule has 3 aliphatic rings. The maximum Gasteiger partial charge on any atom is 0.331 e. The van der Waals surface area contributed by atoms with Crippen LogP contribution in [0.2, 0.25) is 0 Å². The quantitative estimate of drug-likeness (QED) is 0.573. The van der Waals surface area contributed by atoms with E-state index in [1.165, 1.54) is 11.0 Å². The molecule has 0 spiro atoms. The number of amides is 5. The lowest BCUT2D eigenvalue weighted by Crippen LogP contribution is -2.57. The van der Waals surface area contributed by atoms with Crippen molar-refractivity contribution in [3.63, 3.8) is 0 Å². The lowest BCUT2D eigenvalue weighted by atomic mass is 10.0. The minimum absolute atomic E-state index is 0.0585. The summed E-state index contributed by atoms with van der Waals surface area (Å²) in [6.45, 7) is 0.160. The molecular formula is C23H24N4O4. The Kier molecular flexibility index (Phi) is 4.84. The molecule has 8 nitrogen and oxygen atoms in total. The molecule has 3 fully saturated rings. The van der Waals surface area contributed by atoms with Gasteiger partial charge in [-0.15, -0.1) is 0 Å². The lowest BCUT2D eigenvalue weighted by Gasteiger charge is -2.31. The van der Waals surface area contributed by atoms with E-state index in [4.69, 9.17) is 0 Å². The van der Waals surface area contributed by atoms with Crippen LogP contribution >= 0.6 is 0 Å². The summed E-state index contributed by atoms with van der Waals surface area (Å²) in [5.74, 6) is -1.30. The number of carbonyl (C=O) groups excluding carboxylic acids is 4. The number of urea groups is 1. The van der Waals surface area contributed by atoms with Crippen molar-refractivity contribution in [3.8, 4) is 0 Å². The van der Waals surface area contributed by atoms with Gasteiger partial charge in [0, 0.05) is 34.7 Å². The van der Waals surface area contributed by atoms with Crippen LogP contribution in [0.5, 0.6) is 0 Å². The Morgan fingerprint density at radius 1 is 1.10 bits per heavy atom. The number of imide groups is 2. The molecule has 5 rings (SSSR count). The maximum atomic E-state index is 13.1. The molecule has 1 saturated heterocycles. The summed E-state index contributed by atoms with van der Waals surface area (Å²) in [4.78, 5) is 51.5. The predicted octanol–water partition coefficient (Wildman–Crippen LogP) is 2.32. The fourth-order valence-corrected chi connectivity index (χ4v) is 4.50. The zero-order chi connectivity index (χ0) is 21.5. The first-order valence-electron chi connectivity index (χ1n) is 10.8. The van der Waals surface area contributed by atoms with Crippen LogP contribution in [0.1, 0.15) is 44.1 Å². The maximum absolute atomic E-state index is 13.1. The third-order valence-electron chi connectivity index (χ3n) is 6.20. The largest absolute Gasteiger partial charge is 0.352 e. The van der Waals surface area contributed by atoms with Gasteiger partial charge in [-0.1, -0.05) is 31.0 Å². The van der Waals surface area contributed by atoms with Gasteiger partial charge in [0.05, 0.1) is 0 Å². The zero-order valence-electron chi connectivity index (χ0n) is 17.1. The number of nitrogens with zero attached hydrogens (tertiary/aromatic N) is 2. The molecule has 0 atom stereocenters. The van der Waals surface area contributed by atoms with Gasteiger partial charge in [-0.2, -0.15) is 0 Å². The molecule has 2 heterocycles. The first-order chi connectivity index (χ1) is 15.0. The number of hydrogen-bond donors (Lipinski definition) is 2. The highest BCUT2D eigenvalue weighted by Crippen LogP contribution is 2.29. The number of nitrogens with one attached hydrogen (secondary N) is 2. The number of hydrogen-bond acceptors (Lipinski definition) is 4. The van der Waals surface area contributed by atoms with Crippen molar-refractivity contribution in [2.75, 3.05) is 0 Å². The van der Waals surface area contributed by atoms with Crippen LogP contribution in [0.3, 0.4) is 0 Å². The van der Waals surface area contributed by atoms with E-state index in [2.05, 4.69) is 10.6 Å². The molecule has 160 valence electrons. The standard InChI is InChI=1S/C23H24N4O4/c28-20(24-15-9-10-15)13-26-12-14(17-7-3-4-8-19(17)26)11-18-21(29)25-23(31)27(22(18)30)16-5-1-2-6-16/h3-4,7-8,11-12,15-16H,1-2,5-6,9-10,13H2,(H,24,28)(H,25,29,31)/b18-11-. The Labute approximate surface area is 179 Å². The monoisotopic (exact) mass is 420 g/mol. The van der Waals surface area contributed by atoms with Crippen LogP contribution in [0.25, 0.3) is 17.0 Å². The fraction of sp³-hybridized carbons (Fsp3) is 0.391. The van der Waals surface area contributed by atoms with Crippen molar-refractivity contribution >= 4 is 40.7 Å². The summed E-state index contributed by atoms with van der Waals surface area (Å²) >= 11 is 0. The molecular weight excluding hydrogens is 396 g/mol. The molecule has 0 bridgehead atoms. The lowest BCUT2D eigenvalue weighted by molar-refractivity contribution is -0.131. The molecule has 0 radical (unpaired) electrons. The first-order valence-corrected chi connectivity index (χ1v) is 10.8. The molecule has 1 aliphatic heterocycles. The third-order valence-corrected chi connectivity index (χ3v) is 6.20. The summed E-state index contributed by atoms with van der Waals surface area (Å²) in [6.07, 6.45) is 8.79.